The van der Waals surface area contributed by atoms with Crippen molar-refractivity contribution in [3.05, 3.63) is 78.1 Å². The van der Waals surface area contributed by atoms with Crippen molar-refractivity contribution in [1.82, 2.24) is 0 Å². The van der Waals surface area contributed by atoms with E-state index in [0.717, 1.165) is 12.8 Å². The van der Waals surface area contributed by atoms with Crippen LogP contribution in [0.5, 0.6) is 0 Å². The second-order valence-corrected chi connectivity index (χ2v) is 2.63. The molecule has 2 rings (SSSR count). The van der Waals surface area contributed by atoms with Gasteiger partial charge in [0.2, 0.25) is 0 Å². The van der Waals surface area contributed by atoms with E-state index >= 15 is 0 Å². The van der Waals surface area contributed by atoms with Gasteiger partial charge in [-0.2, -0.15) is 0 Å². The maximum atomic E-state index is 3.54. The molecule has 80 valence electrons. The molecular formula is C14H18Hf-2. The van der Waals surface area contributed by atoms with Crippen molar-refractivity contribution >= 4 is 0 Å². The fourth-order valence-electron chi connectivity index (χ4n) is 0.642. The van der Waals surface area contributed by atoms with Crippen LogP contribution >= 0.6 is 0 Å². The smallest absolute Gasteiger partial charge is 0 e. The first-order valence-corrected chi connectivity index (χ1v) is 4.83. The van der Waals surface area contributed by atoms with Gasteiger partial charge in [-0.25, -0.2) is 12.8 Å². The summed E-state index contributed by atoms with van der Waals surface area (Å²) in [7, 11) is 0. The van der Waals surface area contributed by atoms with Crippen molar-refractivity contribution < 1.29 is 25.8 Å². The summed E-state index contributed by atoms with van der Waals surface area (Å²) in [5.74, 6) is 0. The van der Waals surface area contributed by atoms with E-state index in [-0.39, 0.29) is 25.8 Å². The van der Waals surface area contributed by atoms with Crippen LogP contribution in [0.2, 0.25) is 0 Å². The summed E-state index contributed by atoms with van der Waals surface area (Å²) >= 11 is 0. The summed E-state index contributed by atoms with van der Waals surface area (Å²) in [4.78, 5) is 0. The van der Waals surface area contributed by atoms with Crippen LogP contribution in [-0.4, -0.2) is 0 Å². The van der Waals surface area contributed by atoms with E-state index in [1.165, 1.54) is 0 Å². The fraction of sp³-hybridized carbons (Fsp3) is 0.143. The Hall–Kier alpha value is 0.870. The Morgan fingerprint density at radius 2 is 0.600 bits per heavy atom. The van der Waals surface area contributed by atoms with Crippen molar-refractivity contribution in [2.45, 2.75) is 12.8 Å². The van der Waals surface area contributed by atoms with Crippen molar-refractivity contribution in [3.63, 3.8) is 0 Å². The Labute approximate surface area is 116 Å². The van der Waals surface area contributed by atoms with Gasteiger partial charge in [-0.15, -0.1) is 0 Å². The molecule has 0 aromatic rings. The Kier molecular flexibility index (Phi) is 21.0. The molecule has 0 aliphatic heterocycles. The summed E-state index contributed by atoms with van der Waals surface area (Å²) < 4.78 is 0. The molecular weight excluding hydrogens is 347 g/mol. The molecule has 2 saturated carbocycles. The summed E-state index contributed by atoms with van der Waals surface area (Å²) in [6.45, 7) is 7.08. The molecule has 2 aliphatic carbocycles. The summed E-state index contributed by atoms with van der Waals surface area (Å²) in [5.41, 5.74) is 0. The average Bonchev–Trinajstić information content (AvgIpc) is 2.94. The Morgan fingerprint density at radius 3 is 0.667 bits per heavy atom. The maximum Gasteiger partial charge on any atom is 0 e. The molecule has 0 N–H and O–H groups in total. The summed E-state index contributed by atoms with van der Waals surface area (Å²) in [5, 5.41) is 0. The standard InChI is InChI=1S/2C5H5.C4H8.Hf/c2*1-2-4-5-3-1;1-3-4-2;/h2*1-5H;1-4H2;/q;;-2;. The van der Waals surface area contributed by atoms with E-state index in [9.17, 15) is 0 Å². The Balaban J connectivity index is 0. The van der Waals surface area contributed by atoms with E-state index in [4.69, 9.17) is 0 Å². The molecule has 10 radical (unpaired) electrons. The zero-order valence-electron chi connectivity index (χ0n) is 9.10. The zero-order chi connectivity index (χ0) is 10.5. The maximum absolute atomic E-state index is 3.54. The molecule has 0 unspecified atom stereocenters. The molecule has 0 bridgehead atoms. The molecule has 0 spiro atoms. The van der Waals surface area contributed by atoms with Crippen LogP contribution in [0.15, 0.2) is 0 Å². The fourth-order valence-corrected chi connectivity index (χ4v) is 0.642. The molecule has 0 amide bonds. The quantitative estimate of drug-likeness (QED) is 0.493. The molecule has 0 atom stereocenters. The van der Waals surface area contributed by atoms with Gasteiger partial charge in [0.15, 0.2) is 0 Å². The van der Waals surface area contributed by atoms with Crippen molar-refractivity contribution in [1.29, 1.82) is 0 Å². The van der Waals surface area contributed by atoms with Crippen LogP contribution in [-0.2, 0) is 25.8 Å². The molecule has 0 nitrogen and oxygen atoms in total. The second-order valence-electron chi connectivity index (χ2n) is 2.63. The number of rotatable bonds is 1. The van der Waals surface area contributed by atoms with Crippen molar-refractivity contribution in [3.8, 4) is 0 Å². The predicted molar refractivity (Wildman–Crippen MR) is 62.9 cm³/mol. The van der Waals surface area contributed by atoms with Gasteiger partial charge >= 0.3 is 0 Å². The predicted octanol–water partition coefficient (Wildman–Crippen LogP) is 3.48. The minimum Gasteiger partial charge on any atom is -0.346 e. The summed E-state index contributed by atoms with van der Waals surface area (Å²) in [6.07, 6.45) is 21.9. The van der Waals surface area contributed by atoms with Gasteiger partial charge in [0.1, 0.15) is 0 Å². The van der Waals surface area contributed by atoms with E-state index < -0.39 is 0 Å². The Bertz CT molecular complexity index is 56.1. The van der Waals surface area contributed by atoms with Crippen LogP contribution in [0.4, 0.5) is 0 Å². The van der Waals surface area contributed by atoms with Gasteiger partial charge in [0, 0.05) is 25.8 Å². The van der Waals surface area contributed by atoms with Gasteiger partial charge in [-0.3, -0.25) is 0 Å². The first-order chi connectivity index (χ1) is 6.91. The first-order valence-electron chi connectivity index (χ1n) is 4.83. The number of hydrogen-bond donors (Lipinski definition) is 0. The van der Waals surface area contributed by atoms with Gasteiger partial charge in [0.05, 0.1) is 0 Å². The molecule has 0 aromatic heterocycles. The molecule has 15 heavy (non-hydrogen) atoms. The minimum atomic E-state index is 0. The van der Waals surface area contributed by atoms with Gasteiger partial charge in [-0.05, 0) is 64.2 Å². The topological polar surface area (TPSA) is 0 Å². The monoisotopic (exact) mass is 366 g/mol. The molecule has 2 aliphatic rings. The summed E-state index contributed by atoms with van der Waals surface area (Å²) in [6, 6.07) is 0. The number of hydrogen-bond acceptors (Lipinski definition) is 0. The SMILES string of the molecule is [CH2-]CC[CH2-].[CH]1[CH][CH][CH][CH]1.[CH]1[CH][CH][CH][CH]1.[Hf]. The van der Waals surface area contributed by atoms with Crippen molar-refractivity contribution in [2.75, 3.05) is 0 Å². The van der Waals surface area contributed by atoms with Crippen LogP contribution in [0.25, 0.3) is 0 Å². The third-order valence-electron chi connectivity index (χ3n) is 1.36. The molecule has 0 aromatic carbocycles. The number of unbranched alkanes of at least 4 members (excludes halogenated alkanes) is 1. The largest absolute Gasteiger partial charge is 0.346 e. The van der Waals surface area contributed by atoms with Crippen LogP contribution < -0.4 is 0 Å². The van der Waals surface area contributed by atoms with E-state index in [1.54, 1.807) is 0 Å². The molecule has 0 saturated heterocycles. The third-order valence-corrected chi connectivity index (χ3v) is 1.36. The Morgan fingerprint density at radius 1 is 0.467 bits per heavy atom. The first kappa shape index (κ1) is 18.2. The molecule has 0 heterocycles. The normalized spacial score (nSPS) is 18.0. The molecule has 1 heteroatoms. The van der Waals surface area contributed by atoms with E-state index in [1.807, 2.05) is 64.2 Å². The van der Waals surface area contributed by atoms with Gasteiger partial charge in [-0.1, -0.05) is 0 Å². The minimum absolute atomic E-state index is 0. The second kappa shape index (κ2) is 17.3. The average molecular weight is 365 g/mol. The van der Waals surface area contributed by atoms with Crippen molar-refractivity contribution in [2.24, 2.45) is 0 Å². The van der Waals surface area contributed by atoms with Gasteiger partial charge in [0.25, 0.3) is 0 Å². The van der Waals surface area contributed by atoms with E-state index in [2.05, 4.69) is 13.8 Å². The van der Waals surface area contributed by atoms with Gasteiger partial charge < -0.3 is 13.8 Å². The van der Waals surface area contributed by atoms with E-state index in [0.29, 0.717) is 0 Å². The van der Waals surface area contributed by atoms with Crippen LogP contribution in [0, 0.1) is 78.1 Å². The molecule has 2 fully saturated rings. The van der Waals surface area contributed by atoms with Crippen LogP contribution in [0.3, 0.4) is 0 Å². The van der Waals surface area contributed by atoms with Crippen LogP contribution in [0.1, 0.15) is 12.8 Å². The third kappa shape index (κ3) is 17.5. The zero-order valence-corrected chi connectivity index (χ0v) is 12.7.